The first-order valence-corrected chi connectivity index (χ1v) is 6.98. The molecule has 2 unspecified atom stereocenters. The minimum atomic E-state index is -3.04. The average Bonchev–Trinajstić information content (AvgIpc) is 2.11. The molecule has 9 heteroatoms. The second-order valence-corrected chi connectivity index (χ2v) is 6.69. The molecule has 0 aromatic carbocycles. The Labute approximate surface area is 115 Å². The van der Waals surface area contributed by atoms with Crippen LogP contribution < -0.4 is 0 Å². The lowest BCUT2D eigenvalue weighted by molar-refractivity contribution is -0.163. The number of ether oxygens (including phenoxy) is 1. The van der Waals surface area contributed by atoms with Crippen molar-refractivity contribution in [2.75, 3.05) is 0 Å². The number of hydrogen-bond donors (Lipinski definition) is 1. The van der Waals surface area contributed by atoms with Crippen molar-refractivity contribution in [2.45, 2.75) is 36.8 Å². The molecule has 2 atom stereocenters. The number of halogens is 3. The molecule has 0 aliphatic heterocycles. The third-order valence-corrected chi connectivity index (χ3v) is 2.52. The van der Waals surface area contributed by atoms with E-state index in [1.807, 2.05) is 13.8 Å². The van der Waals surface area contributed by atoms with Crippen molar-refractivity contribution >= 4 is 49.0 Å². The van der Waals surface area contributed by atoms with Crippen LogP contribution >= 0.6 is 43.1 Å². The Bertz CT molecular complexity index is 279. The molecule has 17 heavy (non-hydrogen) atoms. The third-order valence-electron chi connectivity index (χ3n) is 1.62. The Morgan fingerprint density at radius 1 is 1.41 bits per heavy atom. The van der Waals surface area contributed by atoms with E-state index in [0.29, 0.717) is 12.3 Å². The zero-order valence-corrected chi connectivity index (χ0v) is 12.4. The number of carbonyl (C=O) groups is 1. The fourth-order valence-corrected chi connectivity index (χ4v) is 1.63. The Morgan fingerprint density at radius 2 is 1.94 bits per heavy atom. The van der Waals surface area contributed by atoms with Gasteiger partial charge in [0.15, 0.2) is 0 Å². The third kappa shape index (κ3) is 9.00. The highest BCUT2D eigenvalue weighted by molar-refractivity contribution is 7.32. The lowest BCUT2D eigenvalue weighted by Crippen LogP contribution is -2.32. The zero-order chi connectivity index (χ0) is 13.6. The first-order chi connectivity index (χ1) is 7.62. The summed E-state index contributed by atoms with van der Waals surface area (Å²) in [5.74, 6) is -0.351. The Balaban J connectivity index is 4.34. The van der Waals surface area contributed by atoms with E-state index in [1.165, 1.54) is 0 Å². The van der Waals surface area contributed by atoms with Gasteiger partial charge in [-0.25, -0.2) is 0 Å². The van der Waals surface area contributed by atoms with Crippen LogP contribution in [0, 0.1) is 5.92 Å². The van der Waals surface area contributed by atoms with Crippen LogP contribution in [0.5, 0.6) is 0 Å². The quantitative estimate of drug-likeness (QED) is 0.351. The SMILES string of the molecule is CC(C)CCC(=O)OC(O[P+](=O)O)C(Cl)(Cl)Cl. The van der Waals surface area contributed by atoms with Gasteiger partial charge in [0.25, 0.3) is 3.79 Å². The van der Waals surface area contributed by atoms with E-state index in [-0.39, 0.29) is 6.42 Å². The van der Waals surface area contributed by atoms with E-state index < -0.39 is 24.3 Å². The van der Waals surface area contributed by atoms with Gasteiger partial charge in [0.05, 0.1) is 0 Å². The number of rotatable bonds is 6. The van der Waals surface area contributed by atoms with Crippen molar-refractivity contribution in [1.82, 2.24) is 0 Å². The average molecular weight is 327 g/mol. The van der Waals surface area contributed by atoms with Crippen molar-refractivity contribution in [1.29, 1.82) is 0 Å². The van der Waals surface area contributed by atoms with Crippen LogP contribution in [0.1, 0.15) is 26.7 Å². The van der Waals surface area contributed by atoms with Gasteiger partial charge >= 0.3 is 20.5 Å². The summed E-state index contributed by atoms with van der Waals surface area (Å²) in [4.78, 5) is 19.9. The Kier molecular flexibility index (Phi) is 7.88. The molecule has 0 heterocycles. The molecule has 0 saturated heterocycles. The lowest BCUT2D eigenvalue weighted by Gasteiger charge is -2.18. The summed E-state index contributed by atoms with van der Waals surface area (Å²) in [7, 11) is -3.04. The van der Waals surface area contributed by atoms with Crippen LogP contribution in [0.4, 0.5) is 0 Å². The fourth-order valence-electron chi connectivity index (χ4n) is 0.815. The van der Waals surface area contributed by atoms with E-state index in [0.717, 1.165) is 0 Å². The monoisotopic (exact) mass is 325 g/mol. The van der Waals surface area contributed by atoms with Crippen LogP contribution in [0.2, 0.25) is 0 Å². The number of esters is 1. The summed E-state index contributed by atoms with van der Waals surface area (Å²) in [5, 5.41) is 0. The van der Waals surface area contributed by atoms with Crippen LogP contribution in [-0.2, 0) is 18.6 Å². The Morgan fingerprint density at radius 3 is 2.29 bits per heavy atom. The molecule has 0 amide bonds. The molecule has 100 valence electrons. The second-order valence-electron chi connectivity index (χ2n) is 3.64. The molecule has 0 saturated carbocycles. The predicted molar refractivity (Wildman–Crippen MR) is 65.2 cm³/mol. The first-order valence-electron chi connectivity index (χ1n) is 4.72. The van der Waals surface area contributed by atoms with Crippen molar-refractivity contribution in [3.63, 3.8) is 0 Å². The second kappa shape index (κ2) is 7.72. The normalized spacial score (nSPS) is 14.6. The zero-order valence-electron chi connectivity index (χ0n) is 9.23. The van der Waals surface area contributed by atoms with Gasteiger partial charge in [-0.2, -0.15) is 0 Å². The predicted octanol–water partition coefficient (Wildman–Crippen LogP) is 3.33. The van der Waals surface area contributed by atoms with Crippen LogP contribution in [0.15, 0.2) is 0 Å². The highest BCUT2D eigenvalue weighted by atomic mass is 35.6. The minimum absolute atomic E-state index is 0.112. The molecule has 0 radical (unpaired) electrons. The summed E-state index contributed by atoms with van der Waals surface area (Å²) < 4.78 is 17.3. The molecule has 0 aliphatic rings. The van der Waals surface area contributed by atoms with E-state index >= 15 is 0 Å². The molecule has 0 spiro atoms. The molecule has 5 nitrogen and oxygen atoms in total. The largest absolute Gasteiger partial charge is 0.698 e. The summed E-state index contributed by atoms with van der Waals surface area (Å²) in [6, 6.07) is 0. The van der Waals surface area contributed by atoms with E-state index in [1.54, 1.807) is 0 Å². The van der Waals surface area contributed by atoms with Gasteiger partial charge in [0, 0.05) is 11.0 Å². The fraction of sp³-hybridized carbons (Fsp3) is 0.875. The van der Waals surface area contributed by atoms with Crippen molar-refractivity contribution in [3.8, 4) is 0 Å². The van der Waals surface area contributed by atoms with Gasteiger partial charge in [0.2, 0.25) is 0 Å². The number of alkyl halides is 3. The minimum Gasteiger partial charge on any atom is -0.426 e. The molecule has 0 fully saturated rings. The molecule has 0 rings (SSSR count). The Hall–Kier alpha value is 0.360. The standard InChI is InChI=1S/C8H12Cl3O5P/c1-5(2)3-4-6(12)15-7(8(9,10)11)16-17(13)14/h5,7H,3-4H2,1-2H3/p+1. The summed E-state index contributed by atoms with van der Waals surface area (Å²) in [6.07, 6.45) is -1.00. The summed E-state index contributed by atoms with van der Waals surface area (Å²) >= 11 is 16.3. The van der Waals surface area contributed by atoms with E-state index in [9.17, 15) is 9.36 Å². The molecule has 0 aromatic rings. The van der Waals surface area contributed by atoms with Gasteiger partial charge in [-0.1, -0.05) is 53.2 Å². The topological polar surface area (TPSA) is 72.8 Å². The molecular weight excluding hydrogens is 313 g/mol. The lowest BCUT2D eigenvalue weighted by atomic mass is 10.1. The van der Waals surface area contributed by atoms with Crippen molar-refractivity contribution in [3.05, 3.63) is 0 Å². The number of carbonyl (C=O) groups excluding carboxylic acids is 1. The van der Waals surface area contributed by atoms with Crippen LogP contribution in [0.25, 0.3) is 0 Å². The highest BCUT2D eigenvalue weighted by Gasteiger charge is 2.43. The van der Waals surface area contributed by atoms with E-state index in [4.69, 9.17) is 39.7 Å². The van der Waals surface area contributed by atoms with Gasteiger partial charge in [-0.3, -0.25) is 4.79 Å². The molecular formula is C8H13Cl3O5P+. The first kappa shape index (κ1) is 17.4. The summed E-state index contributed by atoms with van der Waals surface area (Å²) in [6.45, 7) is 3.86. The molecule has 1 N–H and O–H groups in total. The van der Waals surface area contributed by atoms with Crippen LogP contribution in [-0.4, -0.2) is 20.9 Å². The number of hydrogen-bond acceptors (Lipinski definition) is 4. The van der Waals surface area contributed by atoms with Crippen LogP contribution in [0.3, 0.4) is 0 Å². The van der Waals surface area contributed by atoms with Crippen molar-refractivity contribution in [2.24, 2.45) is 5.92 Å². The maximum absolute atomic E-state index is 11.3. The van der Waals surface area contributed by atoms with E-state index in [2.05, 4.69) is 9.26 Å². The van der Waals surface area contributed by atoms with Crippen molar-refractivity contribution < 1.29 is 23.5 Å². The maximum Gasteiger partial charge on any atom is 0.698 e. The van der Waals surface area contributed by atoms with Gasteiger partial charge in [-0.15, -0.1) is 4.89 Å². The summed E-state index contributed by atoms with van der Waals surface area (Å²) in [5.41, 5.74) is 0. The van der Waals surface area contributed by atoms with Gasteiger partial charge in [-0.05, 0) is 12.3 Å². The van der Waals surface area contributed by atoms with Gasteiger partial charge < -0.3 is 4.74 Å². The molecule has 0 aliphatic carbocycles. The molecule has 0 bridgehead atoms. The smallest absolute Gasteiger partial charge is 0.426 e. The molecule has 0 aromatic heterocycles. The van der Waals surface area contributed by atoms with Gasteiger partial charge in [0.1, 0.15) is 0 Å². The highest BCUT2D eigenvalue weighted by Crippen LogP contribution is 2.37. The maximum atomic E-state index is 11.3.